The van der Waals surface area contributed by atoms with Gasteiger partial charge in [-0.1, -0.05) is 304 Å². The van der Waals surface area contributed by atoms with Gasteiger partial charge >= 0.3 is 8.56 Å². The first-order valence-electron chi connectivity index (χ1n) is 32.4. The Morgan fingerprint density at radius 2 is 0.449 bits per heavy atom. The van der Waals surface area contributed by atoms with E-state index >= 15 is 0 Å². The Kier molecular flexibility index (Phi) is 59.6. The van der Waals surface area contributed by atoms with Crippen molar-refractivity contribution in [2.24, 2.45) is 0 Å². The maximum absolute atomic E-state index is 7.33. The summed E-state index contributed by atoms with van der Waals surface area (Å²) in [5.74, 6) is 0.936. The molecular weight excluding hydrogens is 877 g/mol. The monoisotopic (exact) mass is 1010 g/mol. The quantitative estimate of drug-likeness (QED) is 0.0373. The molecule has 0 radical (unpaired) electrons. The Morgan fingerprint density at radius 3 is 0.681 bits per heavy atom. The first-order chi connectivity index (χ1) is 34.1. The fourth-order valence-corrected chi connectivity index (χ4v) is 14.5. The average Bonchev–Trinajstić information content (AvgIpc) is 3.36. The Bertz CT molecular complexity index is 821. The van der Waals surface area contributed by atoms with Gasteiger partial charge in [-0.05, 0) is 76.1 Å². The van der Waals surface area contributed by atoms with E-state index in [2.05, 4.69) is 44.4 Å². The Labute approximate surface area is 444 Å². The molecule has 6 heteroatoms. The van der Waals surface area contributed by atoms with Crippen LogP contribution in [0.25, 0.3) is 0 Å². The van der Waals surface area contributed by atoms with E-state index in [1.807, 2.05) is 0 Å². The molecule has 0 aromatic heterocycles. The lowest BCUT2D eigenvalue weighted by Crippen LogP contribution is -2.46. The smallest absolute Gasteiger partial charge is 0.338 e. The third kappa shape index (κ3) is 51.7. The third-order valence-electron chi connectivity index (χ3n) is 15.5. The minimum atomic E-state index is -2.38. The van der Waals surface area contributed by atoms with Crippen LogP contribution < -0.4 is 0 Å². The predicted molar refractivity (Wildman–Crippen MR) is 319 cm³/mol. The number of nitrogens with zero attached hydrogens (tertiary/aromatic N) is 2. The van der Waals surface area contributed by atoms with Gasteiger partial charge in [0, 0.05) is 26.3 Å². The molecule has 0 aliphatic heterocycles. The van der Waals surface area contributed by atoms with Gasteiger partial charge in [-0.15, -0.1) is 0 Å². The third-order valence-corrected chi connectivity index (χ3v) is 19.5. The molecule has 0 unspecified atom stereocenters. The van der Waals surface area contributed by atoms with Crippen molar-refractivity contribution in [2.45, 2.75) is 348 Å². The van der Waals surface area contributed by atoms with Crippen molar-refractivity contribution in [1.82, 2.24) is 9.80 Å². The van der Waals surface area contributed by atoms with Crippen LogP contribution in [-0.4, -0.2) is 76.6 Å². The molecule has 416 valence electrons. The van der Waals surface area contributed by atoms with Gasteiger partial charge in [0.1, 0.15) is 0 Å². The number of thiol groups is 1. The summed E-state index contributed by atoms with van der Waals surface area (Å²) in [6, 6.07) is 2.28. The molecular formula is C63H132N2O2SSi. The topological polar surface area (TPSA) is 24.9 Å². The van der Waals surface area contributed by atoms with Crippen LogP contribution in [0, 0.1) is 0 Å². The highest BCUT2D eigenvalue weighted by Gasteiger charge is 2.37. The second-order valence-electron chi connectivity index (χ2n) is 22.4. The van der Waals surface area contributed by atoms with E-state index in [0.29, 0.717) is 0 Å². The van der Waals surface area contributed by atoms with E-state index in [4.69, 9.17) is 21.5 Å². The van der Waals surface area contributed by atoms with E-state index in [9.17, 15) is 0 Å². The molecule has 0 aromatic rings. The van der Waals surface area contributed by atoms with Crippen LogP contribution in [0.1, 0.15) is 336 Å². The fraction of sp³-hybridized carbons (Fsp3) is 1.00. The van der Waals surface area contributed by atoms with Crippen LogP contribution in [0.5, 0.6) is 0 Å². The fourth-order valence-electron chi connectivity index (χ4n) is 10.7. The van der Waals surface area contributed by atoms with E-state index < -0.39 is 8.56 Å². The molecule has 0 rings (SSSR count). The lowest BCUT2D eigenvalue weighted by atomic mass is 10.1. The van der Waals surface area contributed by atoms with E-state index in [1.165, 1.54) is 328 Å². The highest BCUT2D eigenvalue weighted by Crippen LogP contribution is 2.26. The van der Waals surface area contributed by atoms with E-state index in [-0.39, 0.29) is 0 Å². The summed E-state index contributed by atoms with van der Waals surface area (Å²) in [6.07, 6.45) is 65.6. The summed E-state index contributed by atoms with van der Waals surface area (Å²) in [4.78, 5) is 5.61. The van der Waals surface area contributed by atoms with Crippen LogP contribution in [-0.2, 0) is 8.85 Å². The van der Waals surface area contributed by atoms with Crippen LogP contribution >= 0.6 is 12.6 Å². The number of rotatable bonds is 62. The zero-order chi connectivity index (χ0) is 50.1. The molecule has 0 N–H and O–H groups in total. The van der Waals surface area contributed by atoms with Gasteiger partial charge in [-0.25, -0.2) is 0 Å². The van der Waals surface area contributed by atoms with Crippen molar-refractivity contribution in [1.29, 1.82) is 0 Å². The molecule has 0 aliphatic carbocycles. The Balaban J connectivity index is 5.61. The molecule has 0 fully saturated rings. The van der Waals surface area contributed by atoms with Gasteiger partial charge in [-0.2, -0.15) is 12.6 Å². The summed E-state index contributed by atoms with van der Waals surface area (Å²) in [5, 5.41) is 0. The second kappa shape index (κ2) is 59.3. The van der Waals surface area contributed by atoms with E-state index in [1.54, 1.807) is 0 Å². The average molecular weight is 1010 g/mol. The molecule has 0 saturated carbocycles. The maximum Gasteiger partial charge on any atom is 0.338 e. The van der Waals surface area contributed by atoms with Crippen LogP contribution in [0.15, 0.2) is 0 Å². The van der Waals surface area contributed by atoms with Gasteiger partial charge in [0.25, 0.3) is 0 Å². The molecule has 0 saturated heterocycles. The summed E-state index contributed by atoms with van der Waals surface area (Å²) >= 11 is 4.77. The van der Waals surface area contributed by atoms with Gasteiger partial charge in [-0.3, -0.25) is 0 Å². The molecule has 0 spiro atoms. The van der Waals surface area contributed by atoms with Crippen molar-refractivity contribution in [3.8, 4) is 0 Å². The number of hydrogen-bond donors (Lipinski definition) is 1. The lowest BCUT2D eigenvalue weighted by molar-refractivity contribution is 0.122. The Hall–Kier alpha value is 0.407. The molecule has 69 heavy (non-hydrogen) atoms. The molecule has 0 aliphatic rings. The van der Waals surface area contributed by atoms with Crippen molar-refractivity contribution in [2.75, 3.05) is 58.2 Å². The first kappa shape index (κ1) is 69.4. The minimum Gasteiger partial charge on any atom is -0.393 e. The summed E-state index contributed by atoms with van der Waals surface area (Å²) in [5.41, 5.74) is 0. The summed E-state index contributed by atoms with van der Waals surface area (Å²) in [6.45, 7) is 20.5. The molecule has 0 atom stereocenters. The predicted octanol–water partition coefficient (Wildman–Crippen LogP) is 21.4. The van der Waals surface area contributed by atoms with Crippen molar-refractivity contribution in [3.05, 3.63) is 0 Å². The van der Waals surface area contributed by atoms with Gasteiger partial charge in [0.05, 0.1) is 0 Å². The zero-order valence-corrected chi connectivity index (χ0v) is 50.6. The maximum atomic E-state index is 7.33. The van der Waals surface area contributed by atoms with Gasteiger partial charge in [0.15, 0.2) is 0 Å². The highest BCUT2D eigenvalue weighted by molar-refractivity contribution is 7.80. The largest absolute Gasteiger partial charge is 0.393 e. The lowest BCUT2D eigenvalue weighted by Gasteiger charge is -2.33. The molecule has 0 heterocycles. The van der Waals surface area contributed by atoms with Crippen molar-refractivity contribution in [3.63, 3.8) is 0 Å². The summed E-state index contributed by atoms with van der Waals surface area (Å²) < 4.78 is 14.7. The normalized spacial score (nSPS) is 12.2. The number of hydrogen-bond acceptors (Lipinski definition) is 5. The highest BCUT2D eigenvalue weighted by atomic mass is 32.1. The standard InChI is InChI=1S/C63H132N2O2SSi/c1-6-11-16-21-26-30-34-38-42-47-53-64(54-48-43-39-35-31-27-22-17-12-7-2)57-59-66-69(63-52-61-68,62-51-46-25-20-15-10-5)67-60-58-65(55-49-44-40-36-32-28-23-18-13-8-3)56-50-45-41-37-33-29-24-19-14-9-4/h68H,6-63H2,1-5H3. The number of unbranched alkanes of at least 4 members (excludes halogenated alkanes) is 41. The van der Waals surface area contributed by atoms with Crippen LogP contribution in [0.2, 0.25) is 12.1 Å². The van der Waals surface area contributed by atoms with Crippen molar-refractivity contribution >= 4 is 21.2 Å². The van der Waals surface area contributed by atoms with Gasteiger partial charge < -0.3 is 18.7 Å². The SMILES string of the molecule is CCCCCCCCCCCCN(CCCCCCCCCCCC)CCO[Si](CCCS)(CCCCCCCC)OCCN(CCCCCCCCCCCC)CCCCCCCCCCCC. The summed E-state index contributed by atoms with van der Waals surface area (Å²) in [7, 11) is -2.38. The first-order valence-corrected chi connectivity index (χ1v) is 35.3. The van der Waals surface area contributed by atoms with E-state index in [0.717, 1.165) is 44.5 Å². The minimum absolute atomic E-state index is 0.852. The Morgan fingerprint density at radius 1 is 0.246 bits per heavy atom. The molecule has 4 nitrogen and oxygen atoms in total. The molecule has 0 aromatic carbocycles. The molecule has 0 amide bonds. The second-order valence-corrected chi connectivity index (χ2v) is 26.2. The van der Waals surface area contributed by atoms with Crippen molar-refractivity contribution < 1.29 is 8.85 Å². The molecule has 0 bridgehead atoms. The van der Waals surface area contributed by atoms with Crippen LogP contribution in [0.3, 0.4) is 0 Å². The van der Waals surface area contributed by atoms with Crippen LogP contribution in [0.4, 0.5) is 0 Å². The zero-order valence-electron chi connectivity index (χ0n) is 48.7. The van der Waals surface area contributed by atoms with Gasteiger partial charge in [0.2, 0.25) is 0 Å².